The standard InChI is InChI=1S/C54H99NO10/c1-3-5-7-9-11-13-14-15-16-17-18-22-26-30-34-38-42-50(59)63-43-39-35-31-27-23-20-19-21-25-29-33-37-41-49(58)55-46(47(57)40-36-32-28-24-12-10-8-6-4-2)45-64-54-53(62)52(61)51(60)48(44-56)65-54/h16-17,20,23,36,40,46-48,51-54,56-57,60-62H,3-15,18-19,21-22,24-35,37-39,41-45H2,1-2H3,(H,55,58)/b17-16-,23-20-,40-36+. The summed E-state index contributed by atoms with van der Waals surface area (Å²) in [5.41, 5.74) is 0. The Morgan fingerprint density at radius 1 is 0.554 bits per heavy atom. The number of allylic oxidation sites excluding steroid dienone is 5. The van der Waals surface area contributed by atoms with Gasteiger partial charge in [-0.05, 0) is 89.9 Å². The molecule has 0 bridgehead atoms. The normalized spacial score (nSPS) is 20.0. The molecule has 0 spiro atoms. The molecule has 65 heavy (non-hydrogen) atoms. The van der Waals surface area contributed by atoms with Crippen LogP contribution in [0, 0.1) is 0 Å². The third-order valence-electron chi connectivity index (χ3n) is 12.5. The van der Waals surface area contributed by atoms with Gasteiger partial charge in [0.15, 0.2) is 6.29 Å². The molecule has 0 radical (unpaired) electrons. The summed E-state index contributed by atoms with van der Waals surface area (Å²) in [6.45, 7) is 4.21. The van der Waals surface area contributed by atoms with Gasteiger partial charge in [-0.2, -0.15) is 0 Å². The van der Waals surface area contributed by atoms with Gasteiger partial charge in [-0.3, -0.25) is 9.59 Å². The van der Waals surface area contributed by atoms with Gasteiger partial charge in [0, 0.05) is 12.8 Å². The van der Waals surface area contributed by atoms with E-state index in [4.69, 9.17) is 14.2 Å². The molecule has 1 saturated heterocycles. The number of carbonyl (C=O) groups is 2. The molecule has 1 heterocycles. The van der Waals surface area contributed by atoms with Crippen LogP contribution in [0.25, 0.3) is 0 Å². The molecule has 0 saturated carbocycles. The number of aliphatic hydroxyl groups is 5. The van der Waals surface area contributed by atoms with Gasteiger partial charge in [-0.25, -0.2) is 0 Å². The van der Waals surface area contributed by atoms with E-state index >= 15 is 0 Å². The molecule has 380 valence electrons. The summed E-state index contributed by atoms with van der Waals surface area (Å²) in [6.07, 6.45) is 42.3. The van der Waals surface area contributed by atoms with Crippen LogP contribution in [-0.2, 0) is 23.8 Å². The second-order valence-corrected chi connectivity index (χ2v) is 18.6. The fraction of sp³-hybridized carbons (Fsp3) is 0.852. The number of aliphatic hydroxyl groups excluding tert-OH is 5. The van der Waals surface area contributed by atoms with E-state index in [9.17, 15) is 35.1 Å². The van der Waals surface area contributed by atoms with Crippen LogP contribution < -0.4 is 5.32 Å². The number of esters is 1. The minimum absolute atomic E-state index is 0.0550. The summed E-state index contributed by atoms with van der Waals surface area (Å²) in [4.78, 5) is 25.0. The molecule has 0 aromatic heterocycles. The minimum Gasteiger partial charge on any atom is -0.466 e. The molecule has 1 amide bonds. The van der Waals surface area contributed by atoms with Crippen LogP contribution in [-0.4, -0.2) is 100 Å². The van der Waals surface area contributed by atoms with E-state index in [0.717, 1.165) is 96.3 Å². The van der Waals surface area contributed by atoms with E-state index in [1.54, 1.807) is 6.08 Å². The van der Waals surface area contributed by atoms with E-state index in [1.807, 2.05) is 6.08 Å². The van der Waals surface area contributed by atoms with Crippen molar-refractivity contribution in [2.45, 2.75) is 275 Å². The van der Waals surface area contributed by atoms with Crippen molar-refractivity contribution >= 4 is 11.9 Å². The molecule has 6 N–H and O–H groups in total. The summed E-state index contributed by atoms with van der Waals surface area (Å²) in [5.74, 6) is -0.266. The maximum Gasteiger partial charge on any atom is 0.305 e. The van der Waals surface area contributed by atoms with Crippen molar-refractivity contribution in [2.75, 3.05) is 19.8 Å². The average molecular weight is 922 g/mol. The van der Waals surface area contributed by atoms with Crippen molar-refractivity contribution in [3.05, 3.63) is 36.5 Å². The third kappa shape index (κ3) is 34.8. The lowest BCUT2D eigenvalue weighted by Crippen LogP contribution is -2.60. The first kappa shape index (κ1) is 60.9. The Kier molecular flexibility index (Phi) is 41.6. The number of unbranched alkanes of at least 4 members (excludes halogenated alkanes) is 27. The zero-order valence-electron chi connectivity index (χ0n) is 41.4. The van der Waals surface area contributed by atoms with Crippen molar-refractivity contribution < 1.29 is 49.3 Å². The Morgan fingerprint density at radius 3 is 1.48 bits per heavy atom. The second kappa shape index (κ2) is 44.4. The van der Waals surface area contributed by atoms with Crippen LogP contribution in [0.15, 0.2) is 36.5 Å². The molecule has 1 fully saturated rings. The molecule has 0 aromatic carbocycles. The Hall–Kier alpha value is -2.12. The number of hydrogen-bond acceptors (Lipinski definition) is 10. The van der Waals surface area contributed by atoms with Crippen molar-refractivity contribution in [2.24, 2.45) is 0 Å². The predicted octanol–water partition coefficient (Wildman–Crippen LogP) is 11.2. The third-order valence-corrected chi connectivity index (χ3v) is 12.5. The lowest BCUT2D eigenvalue weighted by molar-refractivity contribution is -0.302. The van der Waals surface area contributed by atoms with Crippen LogP contribution in [0.5, 0.6) is 0 Å². The van der Waals surface area contributed by atoms with Gasteiger partial charge in [-0.1, -0.05) is 166 Å². The SMILES string of the molecule is CCCCCCCCC/C=C\CCCCCCCC(=O)OCCCCC/C=C\CCCCCCCC(=O)NC(COC1OC(CO)C(O)C(O)C1O)C(O)/C=C/CCCCCCCCC. The van der Waals surface area contributed by atoms with Gasteiger partial charge in [0.2, 0.25) is 5.91 Å². The highest BCUT2D eigenvalue weighted by Crippen LogP contribution is 2.23. The maximum absolute atomic E-state index is 12.9. The summed E-state index contributed by atoms with van der Waals surface area (Å²) in [5, 5.41) is 54.1. The van der Waals surface area contributed by atoms with Crippen LogP contribution in [0.4, 0.5) is 0 Å². The van der Waals surface area contributed by atoms with E-state index in [1.165, 1.54) is 109 Å². The molecule has 0 aliphatic carbocycles. The van der Waals surface area contributed by atoms with Gasteiger partial charge >= 0.3 is 5.97 Å². The van der Waals surface area contributed by atoms with Gasteiger partial charge in [-0.15, -0.1) is 0 Å². The Labute approximate surface area is 396 Å². The summed E-state index contributed by atoms with van der Waals surface area (Å²) in [6, 6.07) is -0.827. The highest BCUT2D eigenvalue weighted by atomic mass is 16.7. The Morgan fingerprint density at radius 2 is 0.985 bits per heavy atom. The van der Waals surface area contributed by atoms with Crippen molar-refractivity contribution in [3.8, 4) is 0 Å². The Bertz CT molecular complexity index is 1180. The van der Waals surface area contributed by atoms with Crippen LogP contribution in [0.1, 0.15) is 232 Å². The number of rotatable bonds is 45. The zero-order chi connectivity index (χ0) is 47.4. The van der Waals surface area contributed by atoms with E-state index in [2.05, 4.69) is 43.5 Å². The van der Waals surface area contributed by atoms with Gasteiger partial charge in [0.25, 0.3) is 0 Å². The van der Waals surface area contributed by atoms with Crippen molar-refractivity contribution in [3.63, 3.8) is 0 Å². The van der Waals surface area contributed by atoms with Crippen LogP contribution >= 0.6 is 0 Å². The monoisotopic (exact) mass is 922 g/mol. The second-order valence-electron chi connectivity index (χ2n) is 18.6. The number of hydrogen-bond donors (Lipinski definition) is 6. The quantitative estimate of drug-likeness (QED) is 0.0196. The Balaban J connectivity index is 2.13. The molecule has 11 nitrogen and oxygen atoms in total. The first-order chi connectivity index (χ1) is 31.7. The predicted molar refractivity (Wildman–Crippen MR) is 264 cm³/mol. The molecular formula is C54H99NO10. The van der Waals surface area contributed by atoms with Gasteiger partial charge < -0.3 is 45.1 Å². The molecule has 0 aromatic rings. The molecule has 1 rings (SSSR count). The fourth-order valence-corrected chi connectivity index (χ4v) is 8.13. The van der Waals surface area contributed by atoms with E-state index in [-0.39, 0.29) is 18.5 Å². The molecule has 1 aliphatic heterocycles. The van der Waals surface area contributed by atoms with E-state index < -0.39 is 49.5 Å². The first-order valence-electron chi connectivity index (χ1n) is 26.8. The smallest absolute Gasteiger partial charge is 0.305 e. The number of carbonyl (C=O) groups excluding carboxylic acids is 2. The van der Waals surface area contributed by atoms with Crippen LogP contribution in [0.3, 0.4) is 0 Å². The topological polar surface area (TPSA) is 175 Å². The number of nitrogens with one attached hydrogen (secondary N) is 1. The zero-order valence-corrected chi connectivity index (χ0v) is 41.4. The highest BCUT2D eigenvalue weighted by Gasteiger charge is 2.44. The van der Waals surface area contributed by atoms with Crippen LogP contribution in [0.2, 0.25) is 0 Å². The average Bonchev–Trinajstić information content (AvgIpc) is 3.30. The van der Waals surface area contributed by atoms with Crippen molar-refractivity contribution in [1.29, 1.82) is 0 Å². The molecule has 7 unspecified atom stereocenters. The lowest BCUT2D eigenvalue weighted by Gasteiger charge is -2.40. The summed E-state index contributed by atoms with van der Waals surface area (Å²) in [7, 11) is 0. The summed E-state index contributed by atoms with van der Waals surface area (Å²) < 4.78 is 16.6. The fourth-order valence-electron chi connectivity index (χ4n) is 8.13. The van der Waals surface area contributed by atoms with Gasteiger partial charge in [0.05, 0.1) is 32.0 Å². The molecule has 7 atom stereocenters. The van der Waals surface area contributed by atoms with Gasteiger partial charge in [0.1, 0.15) is 24.4 Å². The van der Waals surface area contributed by atoms with E-state index in [0.29, 0.717) is 19.4 Å². The molecule has 1 aliphatic rings. The number of amides is 1. The first-order valence-corrected chi connectivity index (χ1v) is 26.8. The maximum atomic E-state index is 12.9. The lowest BCUT2D eigenvalue weighted by atomic mass is 9.99. The number of ether oxygens (including phenoxy) is 3. The minimum atomic E-state index is -1.58. The molecular weight excluding hydrogens is 823 g/mol. The largest absolute Gasteiger partial charge is 0.466 e. The summed E-state index contributed by atoms with van der Waals surface area (Å²) >= 11 is 0. The molecule has 11 heteroatoms. The highest BCUT2D eigenvalue weighted by molar-refractivity contribution is 5.76. The van der Waals surface area contributed by atoms with Crippen molar-refractivity contribution in [1.82, 2.24) is 5.32 Å².